The Labute approximate surface area is 225 Å². The maximum atomic E-state index is 10.5. The van der Waals surface area contributed by atoms with Gasteiger partial charge in [-0.25, -0.2) is 0 Å². The van der Waals surface area contributed by atoms with Crippen LogP contribution in [0.1, 0.15) is 0 Å². The van der Waals surface area contributed by atoms with Crippen LogP contribution in [0.3, 0.4) is 0 Å². The van der Waals surface area contributed by atoms with Gasteiger partial charge in [0, 0.05) is 0 Å². The topological polar surface area (TPSA) is 555 Å². The molecule has 42 heavy (non-hydrogen) atoms. The normalized spacial score (nSPS) is 16.3. The number of benzene rings is 1. The molecule has 0 aliphatic heterocycles. The third kappa shape index (κ3) is 10.00. The number of aliphatic hydroxyl groups excluding tert-OH is 2. The Morgan fingerprint density at radius 3 is 0.595 bits per heavy atom. The summed E-state index contributed by atoms with van der Waals surface area (Å²) >= 11 is 0. The summed E-state index contributed by atoms with van der Waals surface area (Å²) < 4.78 is 0. The van der Waals surface area contributed by atoms with Crippen molar-refractivity contribution < 1.29 is 107 Å². The second kappa shape index (κ2) is 20.5. The van der Waals surface area contributed by atoms with E-state index in [1.54, 1.807) is 0 Å². The molecule has 0 bridgehead atoms. The fourth-order valence-electron chi connectivity index (χ4n) is 1.93. The summed E-state index contributed by atoms with van der Waals surface area (Å²) in [6.07, 6.45) is -3.69. The lowest BCUT2D eigenvalue weighted by Crippen LogP contribution is -2.49. The third-order valence-electron chi connectivity index (χ3n) is 3.79. The zero-order valence-corrected chi connectivity index (χ0v) is 19.8. The molecule has 2 saturated carbocycles. The van der Waals surface area contributed by atoms with E-state index in [1.165, 1.54) is 0 Å². The minimum atomic E-state index is -1.85. The minimum absolute atomic E-state index is 0. The molecule has 0 spiro atoms. The van der Waals surface area contributed by atoms with Crippen LogP contribution in [0.4, 0.5) is 0 Å². The fraction of sp³-hybridized carbons (Fsp3) is 0.118. The standard InChI is InChI=1S/C6H2O6.C6O6.C5H4O5.8H2O/c2*7-1-2(8)4(10)6(12)5(11)3(1)9;6-1-2(7)4(9)5(10)3(1)8;;;;;;;;/h7-8H;;1-2,6-7H;8*1H2. The van der Waals surface area contributed by atoms with Gasteiger partial charge in [-0.2, -0.15) is 0 Å². The van der Waals surface area contributed by atoms with E-state index in [0.29, 0.717) is 0 Å². The van der Waals surface area contributed by atoms with Crippen molar-refractivity contribution in [2.24, 2.45) is 0 Å². The average Bonchev–Trinajstić information content (AvgIpc) is 2.99. The van der Waals surface area contributed by atoms with Crippen LogP contribution in [0.5, 0.6) is 11.5 Å². The van der Waals surface area contributed by atoms with Crippen molar-refractivity contribution in [1.82, 2.24) is 0 Å². The van der Waals surface area contributed by atoms with E-state index in [-0.39, 0.29) is 43.8 Å². The maximum Gasteiger partial charge on any atom is 0.281 e. The summed E-state index contributed by atoms with van der Waals surface area (Å²) in [5.41, 5.74) is -6.38. The second-order valence-corrected chi connectivity index (χ2v) is 5.94. The van der Waals surface area contributed by atoms with Gasteiger partial charge in [0.25, 0.3) is 62.2 Å². The predicted octanol–water partition coefficient (Wildman–Crippen LogP) is -14.3. The van der Waals surface area contributed by atoms with E-state index in [9.17, 15) is 62.3 Å². The number of phenols is 2. The van der Waals surface area contributed by atoms with Gasteiger partial charge in [-0.15, -0.1) is 0 Å². The lowest BCUT2D eigenvalue weighted by Gasteiger charge is -2.01. The summed E-state index contributed by atoms with van der Waals surface area (Å²) in [4.78, 5) is 135. The largest absolute Gasteiger partial charge is 0.501 e. The van der Waals surface area contributed by atoms with Gasteiger partial charge in [0.1, 0.15) is 0 Å². The molecule has 2 fully saturated rings. The van der Waals surface area contributed by atoms with Gasteiger partial charge in [-0.05, 0) is 0 Å². The molecule has 0 heterocycles. The number of Topliss-reactive ketones (excluding diaryl/α,β-unsaturated/α-hetero) is 9. The Balaban J connectivity index is -0.0000000630. The first-order chi connectivity index (χ1) is 15.5. The molecule has 2 atom stereocenters. The molecule has 1 aromatic carbocycles. The fourth-order valence-corrected chi connectivity index (χ4v) is 1.93. The van der Waals surface area contributed by atoms with Crippen molar-refractivity contribution in [1.29, 1.82) is 0 Å². The van der Waals surface area contributed by atoms with Crippen LogP contribution >= 0.6 is 0 Å². The van der Waals surface area contributed by atoms with Crippen LogP contribution < -0.4 is 21.7 Å². The van der Waals surface area contributed by atoms with Crippen LogP contribution in [-0.4, -0.2) is 128 Å². The Bertz CT molecular complexity index is 1250. The van der Waals surface area contributed by atoms with Crippen LogP contribution in [-0.2, 0) is 43.2 Å². The quantitative estimate of drug-likeness (QED) is 0.153. The van der Waals surface area contributed by atoms with E-state index < -0.39 is 97.5 Å². The van der Waals surface area contributed by atoms with Crippen molar-refractivity contribution in [3.05, 3.63) is 40.9 Å². The summed E-state index contributed by atoms with van der Waals surface area (Å²) in [6, 6.07) is 0. The molecule has 3 rings (SSSR count). The van der Waals surface area contributed by atoms with Gasteiger partial charge in [0.05, 0.1) is 0 Å². The number of aromatic hydroxyl groups is 2. The van der Waals surface area contributed by atoms with Gasteiger partial charge >= 0.3 is 0 Å². The Morgan fingerprint density at radius 1 is 0.310 bits per heavy atom. The highest BCUT2D eigenvalue weighted by Gasteiger charge is 2.48. The van der Waals surface area contributed by atoms with E-state index in [4.69, 9.17) is 20.4 Å². The van der Waals surface area contributed by atoms with Gasteiger partial charge < -0.3 is 64.2 Å². The van der Waals surface area contributed by atoms with E-state index in [0.717, 1.165) is 0 Å². The van der Waals surface area contributed by atoms with Crippen molar-refractivity contribution >= 4 is 52.0 Å². The number of rotatable bonds is 0. The van der Waals surface area contributed by atoms with Crippen molar-refractivity contribution in [2.45, 2.75) is 12.2 Å². The summed E-state index contributed by atoms with van der Waals surface area (Å²) in [7, 11) is 0. The first-order valence-corrected chi connectivity index (χ1v) is 8.03. The van der Waals surface area contributed by atoms with E-state index in [2.05, 4.69) is 0 Å². The number of carbonyl (C=O) groups excluding carboxylic acids is 9. The maximum absolute atomic E-state index is 10.5. The lowest BCUT2D eigenvalue weighted by atomic mass is 9.93. The smallest absolute Gasteiger partial charge is 0.281 e. The van der Waals surface area contributed by atoms with Crippen LogP contribution in [0.15, 0.2) is 19.2 Å². The zero-order chi connectivity index (χ0) is 26.8. The molecule has 0 saturated heterocycles. The highest BCUT2D eigenvalue weighted by molar-refractivity contribution is 7.08. The first kappa shape index (κ1) is 56.7. The number of aliphatic hydroxyl groups is 2. The van der Waals surface area contributed by atoms with Crippen molar-refractivity contribution in [3.8, 4) is 11.5 Å². The van der Waals surface area contributed by atoms with Gasteiger partial charge in [-0.3, -0.25) is 62.3 Å². The first-order valence-electron chi connectivity index (χ1n) is 8.03. The van der Waals surface area contributed by atoms with Gasteiger partial charge in [0.15, 0.2) is 12.2 Å². The molecule has 2 aliphatic carbocycles. The molecule has 240 valence electrons. The molecule has 2 aliphatic rings. The zero-order valence-electron chi connectivity index (χ0n) is 19.8. The molecular weight excluding hydrogens is 604 g/mol. The summed E-state index contributed by atoms with van der Waals surface area (Å²) in [5, 5.41) is 34.3. The second-order valence-electron chi connectivity index (χ2n) is 5.94. The number of hydrogen-bond acceptors (Lipinski definition) is 17. The molecule has 0 aromatic heterocycles. The predicted molar refractivity (Wildman–Crippen MR) is 123 cm³/mol. The SMILES string of the molecule is O.O.O.O.O.O.O.O.O=C1C(=O)C(=O)C(=O)C(=O)C1=O.O=C1C(=O)C(O)C(O)C1=O.O=c1c(O)c(O)c(=O)c(=O)c1=O. The van der Waals surface area contributed by atoms with Crippen molar-refractivity contribution in [3.63, 3.8) is 0 Å². The van der Waals surface area contributed by atoms with E-state index in [1.807, 2.05) is 0 Å². The molecule has 0 radical (unpaired) electrons. The number of hydrogen-bond donors (Lipinski definition) is 4. The van der Waals surface area contributed by atoms with Gasteiger partial charge in [-0.1, -0.05) is 0 Å². The van der Waals surface area contributed by atoms with Gasteiger partial charge in [0.2, 0.25) is 23.1 Å². The molecule has 0 amide bonds. The average molecular weight is 626 g/mol. The van der Waals surface area contributed by atoms with Crippen LogP contribution in [0.2, 0.25) is 0 Å². The Morgan fingerprint density at radius 2 is 0.476 bits per heavy atom. The summed E-state index contributed by atoms with van der Waals surface area (Å²) in [6.45, 7) is 0. The lowest BCUT2D eigenvalue weighted by molar-refractivity contribution is -0.158. The highest BCUT2D eigenvalue weighted by atomic mass is 16.4. The van der Waals surface area contributed by atoms with Crippen LogP contribution in [0, 0.1) is 0 Å². The number of phenolic OH excluding ortho intramolecular Hbond substituents is 2. The molecule has 25 nitrogen and oxygen atoms in total. The molecule has 2 unspecified atom stereocenters. The Kier molecular flexibility index (Phi) is 27.8. The number of carbonyl (C=O) groups is 9. The Hall–Kier alpha value is -5.35. The highest BCUT2D eigenvalue weighted by Crippen LogP contribution is 2.09. The van der Waals surface area contributed by atoms with Crippen molar-refractivity contribution in [2.75, 3.05) is 0 Å². The van der Waals surface area contributed by atoms with E-state index >= 15 is 0 Å². The molecule has 25 heteroatoms. The molecule has 1 aromatic rings. The number of ketones is 9. The minimum Gasteiger partial charge on any atom is -0.501 e. The molecular formula is C17H22O25. The molecule has 20 N–H and O–H groups in total. The summed E-state index contributed by atoms with van der Waals surface area (Å²) in [5.74, 6) is -16.9. The third-order valence-corrected chi connectivity index (χ3v) is 3.79. The van der Waals surface area contributed by atoms with Crippen LogP contribution in [0.25, 0.3) is 0 Å². The monoisotopic (exact) mass is 626 g/mol.